The molecule has 5 heteroatoms. The Morgan fingerprint density at radius 2 is 2.22 bits per heavy atom. The van der Waals surface area contributed by atoms with Gasteiger partial charge in [0.15, 0.2) is 0 Å². The zero-order valence-corrected chi connectivity index (χ0v) is 11.5. The predicted molar refractivity (Wildman–Crippen MR) is 73.4 cm³/mol. The van der Waals surface area contributed by atoms with Gasteiger partial charge in [0.2, 0.25) is 5.91 Å². The molecule has 1 aromatic rings. The second kappa shape index (κ2) is 6.96. The first-order valence-corrected chi connectivity index (χ1v) is 6.12. The van der Waals surface area contributed by atoms with E-state index < -0.39 is 0 Å². The normalized spacial score (nSPS) is 10.8. The zero-order valence-electron chi connectivity index (χ0n) is 11.5. The van der Waals surface area contributed by atoms with Crippen LogP contribution < -0.4 is 10.6 Å². The van der Waals surface area contributed by atoms with Crippen LogP contribution in [0.2, 0.25) is 0 Å². The quantitative estimate of drug-likeness (QED) is 0.793. The van der Waals surface area contributed by atoms with Crippen LogP contribution in [0.3, 0.4) is 0 Å². The molecule has 2 N–H and O–H groups in total. The lowest BCUT2D eigenvalue weighted by Crippen LogP contribution is -2.38. The number of nitrogens with zero attached hydrogens (tertiary/aromatic N) is 2. The van der Waals surface area contributed by atoms with Gasteiger partial charge >= 0.3 is 0 Å². The van der Waals surface area contributed by atoms with Gasteiger partial charge in [-0.05, 0) is 38.6 Å². The molecule has 0 spiro atoms. The summed E-state index contributed by atoms with van der Waals surface area (Å²) in [6.07, 6.45) is 1.77. The molecule has 100 valence electrons. The van der Waals surface area contributed by atoms with Crippen LogP contribution in [0.4, 0.5) is 5.82 Å². The van der Waals surface area contributed by atoms with Gasteiger partial charge in [0.05, 0.1) is 6.54 Å². The second-order valence-electron chi connectivity index (χ2n) is 4.69. The highest BCUT2D eigenvalue weighted by atomic mass is 16.2. The number of anilines is 1. The lowest BCUT2D eigenvalue weighted by molar-refractivity contribution is -0.122. The van der Waals surface area contributed by atoms with Crippen molar-refractivity contribution in [2.24, 2.45) is 0 Å². The number of likely N-dealkylation sites (N-methyl/N-ethyl adjacent to an activating group) is 1. The highest BCUT2D eigenvalue weighted by molar-refractivity contribution is 5.78. The van der Waals surface area contributed by atoms with E-state index in [1.54, 1.807) is 6.20 Å². The molecular weight excluding hydrogens is 228 g/mol. The van der Waals surface area contributed by atoms with Crippen molar-refractivity contribution < 1.29 is 4.79 Å². The summed E-state index contributed by atoms with van der Waals surface area (Å²) in [7, 11) is 3.77. The Morgan fingerprint density at radius 1 is 1.50 bits per heavy atom. The van der Waals surface area contributed by atoms with Crippen molar-refractivity contribution in [3.63, 3.8) is 0 Å². The first-order valence-electron chi connectivity index (χ1n) is 6.12. The third kappa shape index (κ3) is 5.14. The Hall–Kier alpha value is -1.62. The van der Waals surface area contributed by atoms with E-state index in [9.17, 15) is 4.79 Å². The van der Waals surface area contributed by atoms with Crippen molar-refractivity contribution in [3.05, 3.63) is 23.9 Å². The topological polar surface area (TPSA) is 57.3 Å². The first-order chi connectivity index (χ1) is 8.51. The van der Waals surface area contributed by atoms with Crippen LogP contribution in [0.15, 0.2) is 18.3 Å². The molecule has 0 aliphatic heterocycles. The van der Waals surface area contributed by atoms with Gasteiger partial charge in [0.25, 0.3) is 0 Å². The highest BCUT2D eigenvalue weighted by Crippen LogP contribution is 2.07. The first kappa shape index (κ1) is 14.4. The number of amides is 1. The summed E-state index contributed by atoms with van der Waals surface area (Å²) in [5.41, 5.74) is 1.13. The molecule has 0 bridgehead atoms. The molecule has 0 aliphatic rings. The maximum atomic E-state index is 11.6. The van der Waals surface area contributed by atoms with E-state index >= 15 is 0 Å². The summed E-state index contributed by atoms with van der Waals surface area (Å²) in [5.74, 6) is 0.892. The highest BCUT2D eigenvalue weighted by Gasteiger charge is 2.08. The fraction of sp³-hybridized carbons (Fsp3) is 0.538. The van der Waals surface area contributed by atoms with Gasteiger partial charge in [-0.25, -0.2) is 4.98 Å². The van der Waals surface area contributed by atoms with Gasteiger partial charge in [-0.3, -0.25) is 9.69 Å². The van der Waals surface area contributed by atoms with Crippen molar-refractivity contribution in [1.82, 2.24) is 15.2 Å². The third-order valence-corrected chi connectivity index (χ3v) is 2.40. The number of hydrogen-bond acceptors (Lipinski definition) is 4. The summed E-state index contributed by atoms with van der Waals surface area (Å²) < 4.78 is 0. The molecule has 0 aromatic carbocycles. The summed E-state index contributed by atoms with van der Waals surface area (Å²) >= 11 is 0. The van der Waals surface area contributed by atoms with Crippen LogP contribution in [0.25, 0.3) is 0 Å². The summed E-state index contributed by atoms with van der Waals surface area (Å²) in [5, 5.41) is 5.88. The number of aromatic nitrogens is 1. The second-order valence-corrected chi connectivity index (χ2v) is 4.69. The monoisotopic (exact) mass is 250 g/mol. The van der Waals surface area contributed by atoms with Crippen molar-refractivity contribution in [3.8, 4) is 0 Å². The SMILES string of the molecule is CNc1cc(CN(C)CC(=O)NC(C)C)ccn1. The van der Waals surface area contributed by atoms with Gasteiger partial charge in [0.1, 0.15) is 5.82 Å². The van der Waals surface area contributed by atoms with E-state index in [0.29, 0.717) is 6.54 Å². The molecule has 0 fully saturated rings. The van der Waals surface area contributed by atoms with E-state index in [4.69, 9.17) is 0 Å². The average Bonchev–Trinajstić information content (AvgIpc) is 2.27. The predicted octanol–water partition coefficient (Wildman–Crippen LogP) is 1.08. The molecule has 5 nitrogen and oxygen atoms in total. The van der Waals surface area contributed by atoms with Crippen LogP contribution in [0.5, 0.6) is 0 Å². The Morgan fingerprint density at radius 3 is 2.83 bits per heavy atom. The van der Waals surface area contributed by atoms with Crippen molar-refractivity contribution >= 4 is 11.7 Å². The standard InChI is InChI=1S/C13H22N4O/c1-10(2)16-13(18)9-17(4)8-11-5-6-15-12(7-11)14-3/h5-7,10H,8-9H2,1-4H3,(H,14,15)(H,16,18). The summed E-state index contributed by atoms with van der Waals surface area (Å²) in [4.78, 5) is 17.7. The molecule has 0 unspecified atom stereocenters. The van der Waals surface area contributed by atoms with Gasteiger partial charge < -0.3 is 10.6 Å². The number of rotatable bonds is 6. The van der Waals surface area contributed by atoms with E-state index in [2.05, 4.69) is 15.6 Å². The molecule has 0 aliphatic carbocycles. The van der Waals surface area contributed by atoms with Crippen LogP contribution in [-0.2, 0) is 11.3 Å². The minimum atomic E-state index is 0.0513. The molecule has 18 heavy (non-hydrogen) atoms. The molecule has 1 aromatic heterocycles. The zero-order chi connectivity index (χ0) is 13.5. The van der Waals surface area contributed by atoms with Crippen molar-refractivity contribution in [2.45, 2.75) is 26.4 Å². The Kier molecular flexibility index (Phi) is 5.58. The van der Waals surface area contributed by atoms with E-state index in [1.165, 1.54) is 0 Å². The number of nitrogens with one attached hydrogen (secondary N) is 2. The number of carbonyl (C=O) groups excluding carboxylic acids is 1. The molecule has 1 amide bonds. The Bertz CT molecular complexity index is 392. The molecule has 0 atom stereocenters. The molecule has 0 saturated carbocycles. The van der Waals surface area contributed by atoms with Gasteiger partial charge in [-0.15, -0.1) is 0 Å². The number of carbonyl (C=O) groups is 1. The minimum Gasteiger partial charge on any atom is -0.373 e. The van der Waals surface area contributed by atoms with Gasteiger partial charge in [-0.1, -0.05) is 0 Å². The number of pyridine rings is 1. The fourth-order valence-electron chi connectivity index (χ4n) is 1.69. The van der Waals surface area contributed by atoms with Gasteiger partial charge in [-0.2, -0.15) is 0 Å². The van der Waals surface area contributed by atoms with Crippen LogP contribution in [-0.4, -0.2) is 42.5 Å². The van der Waals surface area contributed by atoms with Crippen LogP contribution >= 0.6 is 0 Å². The lowest BCUT2D eigenvalue weighted by atomic mass is 10.2. The molecule has 1 heterocycles. The van der Waals surface area contributed by atoms with E-state index in [-0.39, 0.29) is 11.9 Å². The fourth-order valence-corrected chi connectivity index (χ4v) is 1.69. The molecular formula is C13H22N4O. The van der Waals surface area contributed by atoms with E-state index in [0.717, 1.165) is 17.9 Å². The molecule has 0 saturated heterocycles. The summed E-state index contributed by atoms with van der Waals surface area (Å²) in [6.45, 7) is 5.04. The van der Waals surface area contributed by atoms with E-state index in [1.807, 2.05) is 45.0 Å². The summed E-state index contributed by atoms with van der Waals surface area (Å²) in [6, 6.07) is 4.12. The maximum absolute atomic E-state index is 11.6. The minimum absolute atomic E-state index is 0.0513. The lowest BCUT2D eigenvalue weighted by Gasteiger charge is -2.17. The molecule has 0 radical (unpaired) electrons. The number of hydrogen-bond donors (Lipinski definition) is 2. The van der Waals surface area contributed by atoms with Crippen molar-refractivity contribution in [1.29, 1.82) is 0 Å². The largest absolute Gasteiger partial charge is 0.373 e. The maximum Gasteiger partial charge on any atom is 0.234 e. The van der Waals surface area contributed by atoms with Gasteiger partial charge in [0, 0.05) is 25.8 Å². The smallest absolute Gasteiger partial charge is 0.234 e. The Balaban J connectivity index is 2.48. The van der Waals surface area contributed by atoms with Crippen LogP contribution in [0.1, 0.15) is 19.4 Å². The molecule has 1 rings (SSSR count). The van der Waals surface area contributed by atoms with Crippen molar-refractivity contribution in [2.75, 3.05) is 26.0 Å². The average molecular weight is 250 g/mol. The Labute approximate surface area is 109 Å². The third-order valence-electron chi connectivity index (χ3n) is 2.40. The van der Waals surface area contributed by atoms with Crippen LogP contribution in [0, 0.1) is 0 Å².